The standard InChI is InChI=1S/C27H23F7O3/c1-2-3-4-14-5-22(32)26(23(33)6-14)35-11-15-12-36-27(37-13-15)17-9-18(28)24(19(29)10-17)16-7-20(30)25(34)21(31)8-16/h5-10,15,27H,2-4,11-13H2,1H3. The number of ether oxygens (including phenoxy) is 3. The van der Waals surface area contributed by atoms with Crippen molar-refractivity contribution in [1.82, 2.24) is 0 Å². The zero-order chi connectivity index (χ0) is 26.7. The number of unbranched alkanes of at least 4 members (excludes halogenated alkanes) is 1. The SMILES string of the molecule is CCCCc1cc(F)c(OCC2COC(c3cc(F)c(-c4cc(F)c(F)c(F)c4)c(F)c3)OC2)c(F)c1. The predicted molar refractivity (Wildman–Crippen MR) is 120 cm³/mol. The van der Waals surface area contributed by atoms with Gasteiger partial charge < -0.3 is 14.2 Å². The lowest BCUT2D eigenvalue weighted by Crippen LogP contribution is -2.31. The van der Waals surface area contributed by atoms with E-state index in [9.17, 15) is 30.7 Å². The summed E-state index contributed by atoms with van der Waals surface area (Å²) in [5.41, 5.74) is -0.760. The molecule has 0 radical (unpaired) electrons. The molecule has 3 aromatic carbocycles. The zero-order valence-corrected chi connectivity index (χ0v) is 19.7. The van der Waals surface area contributed by atoms with Crippen molar-refractivity contribution in [1.29, 1.82) is 0 Å². The number of benzene rings is 3. The molecule has 0 unspecified atom stereocenters. The van der Waals surface area contributed by atoms with Gasteiger partial charge in [0.25, 0.3) is 0 Å². The molecular weight excluding hydrogens is 505 g/mol. The molecule has 37 heavy (non-hydrogen) atoms. The van der Waals surface area contributed by atoms with Crippen molar-refractivity contribution < 1.29 is 44.9 Å². The molecular formula is C27H23F7O3. The van der Waals surface area contributed by atoms with E-state index in [4.69, 9.17) is 14.2 Å². The highest BCUT2D eigenvalue weighted by atomic mass is 19.2. The van der Waals surface area contributed by atoms with Gasteiger partial charge in [0.1, 0.15) is 11.6 Å². The molecule has 1 heterocycles. The number of hydrogen-bond donors (Lipinski definition) is 0. The van der Waals surface area contributed by atoms with Crippen LogP contribution in [0.2, 0.25) is 0 Å². The van der Waals surface area contributed by atoms with Crippen LogP contribution in [-0.4, -0.2) is 19.8 Å². The Morgan fingerprint density at radius 2 is 1.32 bits per heavy atom. The van der Waals surface area contributed by atoms with Gasteiger partial charge in [-0.2, -0.15) is 0 Å². The van der Waals surface area contributed by atoms with Gasteiger partial charge in [0.2, 0.25) is 0 Å². The van der Waals surface area contributed by atoms with Crippen molar-refractivity contribution in [2.75, 3.05) is 19.8 Å². The molecule has 1 aliphatic heterocycles. The topological polar surface area (TPSA) is 27.7 Å². The monoisotopic (exact) mass is 528 g/mol. The van der Waals surface area contributed by atoms with Crippen LogP contribution < -0.4 is 4.74 Å². The van der Waals surface area contributed by atoms with Gasteiger partial charge in [0.05, 0.1) is 25.4 Å². The van der Waals surface area contributed by atoms with Gasteiger partial charge in [-0.05, 0) is 60.4 Å². The molecule has 0 amide bonds. The van der Waals surface area contributed by atoms with Crippen LogP contribution in [0.25, 0.3) is 11.1 Å². The second-order valence-electron chi connectivity index (χ2n) is 8.78. The molecule has 0 saturated carbocycles. The highest BCUT2D eigenvalue weighted by molar-refractivity contribution is 5.65. The largest absolute Gasteiger partial charge is 0.487 e. The van der Waals surface area contributed by atoms with Crippen molar-refractivity contribution >= 4 is 0 Å². The molecule has 3 aromatic rings. The highest BCUT2D eigenvalue weighted by Gasteiger charge is 2.27. The van der Waals surface area contributed by atoms with Crippen LogP contribution in [0.4, 0.5) is 30.7 Å². The van der Waals surface area contributed by atoms with Crippen molar-refractivity contribution in [2.24, 2.45) is 5.92 Å². The van der Waals surface area contributed by atoms with E-state index in [0.29, 0.717) is 24.1 Å². The molecule has 10 heteroatoms. The van der Waals surface area contributed by atoms with Gasteiger partial charge in [-0.25, -0.2) is 30.7 Å². The second kappa shape index (κ2) is 11.5. The maximum atomic E-state index is 14.7. The van der Waals surface area contributed by atoms with Crippen LogP contribution in [0.1, 0.15) is 37.2 Å². The van der Waals surface area contributed by atoms with Gasteiger partial charge in [-0.1, -0.05) is 13.3 Å². The van der Waals surface area contributed by atoms with Gasteiger partial charge in [0.15, 0.2) is 41.1 Å². The van der Waals surface area contributed by atoms with Crippen molar-refractivity contribution in [3.8, 4) is 16.9 Å². The van der Waals surface area contributed by atoms with Crippen LogP contribution in [0.15, 0.2) is 36.4 Å². The fourth-order valence-electron chi connectivity index (χ4n) is 4.01. The number of halogens is 7. The first-order valence-electron chi connectivity index (χ1n) is 11.7. The lowest BCUT2D eigenvalue weighted by molar-refractivity contribution is -0.209. The summed E-state index contributed by atoms with van der Waals surface area (Å²) < 4.78 is 115. The molecule has 0 aromatic heterocycles. The summed E-state index contributed by atoms with van der Waals surface area (Å²) in [5.74, 6) is -9.79. The zero-order valence-electron chi connectivity index (χ0n) is 19.7. The summed E-state index contributed by atoms with van der Waals surface area (Å²) in [6.45, 7) is 1.85. The molecule has 1 aliphatic rings. The van der Waals surface area contributed by atoms with Crippen molar-refractivity contribution in [2.45, 2.75) is 32.5 Å². The van der Waals surface area contributed by atoms with E-state index in [2.05, 4.69) is 0 Å². The first-order valence-corrected chi connectivity index (χ1v) is 11.7. The maximum Gasteiger partial charge on any atom is 0.194 e. The average Bonchev–Trinajstić information content (AvgIpc) is 2.85. The molecule has 0 N–H and O–H groups in total. The molecule has 4 rings (SSSR count). The van der Waals surface area contributed by atoms with Gasteiger partial charge in [-0.3, -0.25) is 0 Å². The Bertz CT molecular complexity index is 1200. The van der Waals surface area contributed by atoms with E-state index in [1.807, 2.05) is 6.92 Å². The highest BCUT2D eigenvalue weighted by Crippen LogP contribution is 2.34. The Morgan fingerprint density at radius 3 is 1.86 bits per heavy atom. The Labute approximate surface area is 208 Å². The molecule has 0 aliphatic carbocycles. The van der Waals surface area contributed by atoms with E-state index in [1.54, 1.807) is 0 Å². The molecule has 198 valence electrons. The van der Waals surface area contributed by atoms with E-state index < -0.39 is 69.8 Å². The third kappa shape index (κ3) is 6.07. The number of rotatable bonds is 8. The summed E-state index contributed by atoms with van der Waals surface area (Å²) in [6.07, 6.45) is 1.08. The van der Waals surface area contributed by atoms with Crippen LogP contribution in [0, 0.1) is 46.6 Å². The molecule has 3 nitrogen and oxygen atoms in total. The fraction of sp³-hybridized carbons (Fsp3) is 0.333. The van der Waals surface area contributed by atoms with Gasteiger partial charge >= 0.3 is 0 Å². The normalized spacial score (nSPS) is 17.7. The average molecular weight is 528 g/mol. The van der Waals surface area contributed by atoms with E-state index >= 15 is 0 Å². The smallest absolute Gasteiger partial charge is 0.194 e. The first-order chi connectivity index (χ1) is 17.7. The van der Waals surface area contributed by atoms with Gasteiger partial charge in [0, 0.05) is 11.5 Å². The first kappa shape index (κ1) is 26.9. The summed E-state index contributed by atoms with van der Waals surface area (Å²) in [4.78, 5) is 0. The fourth-order valence-corrected chi connectivity index (χ4v) is 4.01. The minimum atomic E-state index is -1.75. The molecule has 0 spiro atoms. The summed E-state index contributed by atoms with van der Waals surface area (Å²) in [7, 11) is 0. The lowest BCUT2D eigenvalue weighted by atomic mass is 10.0. The molecule has 0 bridgehead atoms. The van der Waals surface area contributed by atoms with Crippen molar-refractivity contribution in [3.63, 3.8) is 0 Å². The number of aryl methyl sites for hydroxylation is 1. The van der Waals surface area contributed by atoms with Gasteiger partial charge in [-0.15, -0.1) is 0 Å². The molecule has 1 fully saturated rings. The lowest BCUT2D eigenvalue weighted by Gasteiger charge is -2.29. The van der Waals surface area contributed by atoms with E-state index in [-0.39, 0.29) is 25.4 Å². The van der Waals surface area contributed by atoms with Crippen LogP contribution in [0.5, 0.6) is 5.75 Å². The third-order valence-electron chi connectivity index (χ3n) is 5.92. The van der Waals surface area contributed by atoms with Crippen LogP contribution in [0.3, 0.4) is 0 Å². The van der Waals surface area contributed by atoms with Crippen LogP contribution in [-0.2, 0) is 15.9 Å². The Balaban J connectivity index is 1.39. The minimum absolute atomic E-state index is 0.00185. The quantitative estimate of drug-likeness (QED) is 0.225. The summed E-state index contributed by atoms with van der Waals surface area (Å²) in [5, 5.41) is 0. The summed E-state index contributed by atoms with van der Waals surface area (Å²) in [6, 6.07) is 5.21. The minimum Gasteiger partial charge on any atom is -0.487 e. The molecule has 1 saturated heterocycles. The third-order valence-corrected chi connectivity index (χ3v) is 5.92. The second-order valence-corrected chi connectivity index (χ2v) is 8.78. The van der Waals surface area contributed by atoms with Crippen LogP contribution >= 0.6 is 0 Å². The van der Waals surface area contributed by atoms with E-state index in [1.165, 1.54) is 12.1 Å². The van der Waals surface area contributed by atoms with E-state index in [0.717, 1.165) is 25.0 Å². The molecule has 0 atom stereocenters. The Kier molecular flexibility index (Phi) is 8.39. The number of hydrogen-bond acceptors (Lipinski definition) is 3. The Morgan fingerprint density at radius 1 is 0.757 bits per heavy atom. The Hall–Kier alpha value is -3.11. The van der Waals surface area contributed by atoms with Crippen molar-refractivity contribution in [3.05, 3.63) is 88.2 Å². The predicted octanol–water partition coefficient (Wildman–Crippen LogP) is 7.41. The summed E-state index contributed by atoms with van der Waals surface area (Å²) >= 11 is 0. The maximum absolute atomic E-state index is 14.7.